The molecule has 0 saturated carbocycles. The van der Waals surface area contributed by atoms with E-state index in [9.17, 15) is 22.0 Å². The summed E-state index contributed by atoms with van der Waals surface area (Å²) >= 11 is 5.94. The highest BCUT2D eigenvalue weighted by molar-refractivity contribution is 7.92. The van der Waals surface area contributed by atoms with Crippen LogP contribution in [0.3, 0.4) is 0 Å². The Morgan fingerprint density at radius 2 is 1.61 bits per heavy atom. The first-order valence-electron chi connectivity index (χ1n) is 13.5. The lowest BCUT2D eigenvalue weighted by Crippen LogP contribution is -2.31. The van der Waals surface area contributed by atoms with Gasteiger partial charge in [0.1, 0.15) is 28.9 Å². The Bertz CT molecular complexity index is 1720. The fourth-order valence-corrected chi connectivity index (χ4v) is 5.97. The minimum absolute atomic E-state index is 0.148. The van der Waals surface area contributed by atoms with E-state index in [2.05, 4.69) is 0 Å². The number of para-hydroxylation sites is 1. The average molecular weight is 645 g/mol. The fourth-order valence-electron chi connectivity index (χ4n) is 4.41. The number of hydrogen-bond acceptors (Lipinski definition) is 6. The summed E-state index contributed by atoms with van der Waals surface area (Å²) in [5, 5.41) is 0.321. The van der Waals surface area contributed by atoms with Gasteiger partial charge in [-0.1, -0.05) is 29.8 Å². The molecule has 0 fully saturated rings. The van der Waals surface area contributed by atoms with Crippen molar-refractivity contribution in [3.8, 4) is 17.2 Å². The molecule has 0 atom stereocenters. The third-order valence-corrected chi connectivity index (χ3v) is 8.77. The summed E-state index contributed by atoms with van der Waals surface area (Å²) in [5.74, 6) is -0.653. The van der Waals surface area contributed by atoms with Crippen LogP contribution in [-0.2, 0) is 16.6 Å². The summed E-state index contributed by atoms with van der Waals surface area (Å²) in [5.41, 5.74) is 0.346. The lowest BCUT2D eigenvalue weighted by molar-refractivity contribution is 0.0784. The van der Waals surface area contributed by atoms with E-state index in [1.54, 1.807) is 49.5 Å². The predicted molar refractivity (Wildman–Crippen MR) is 164 cm³/mol. The molecule has 12 heteroatoms. The van der Waals surface area contributed by atoms with Gasteiger partial charge in [0.2, 0.25) is 0 Å². The van der Waals surface area contributed by atoms with E-state index in [0.29, 0.717) is 46.4 Å². The third kappa shape index (κ3) is 7.59. The smallest absolute Gasteiger partial charge is 0.264 e. The van der Waals surface area contributed by atoms with Crippen molar-refractivity contribution in [1.82, 2.24) is 4.90 Å². The number of anilines is 1. The summed E-state index contributed by atoms with van der Waals surface area (Å²) in [4.78, 5) is 14.4. The van der Waals surface area contributed by atoms with Crippen LogP contribution in [0.25, 0.3) is 0 Å². The molecule has 0 aliphatic rings. The first-order valence-corrected chi connectivity index (χ1v) is 15.3. The molecule has 44 heavy (non-hydrogen) atoms. The van der Waals surface area contributed by atoms with Crippen LogP contribution in [0.2, 0.25) is 5.02 Å². The zero-order chi connectivity index (χ0) is 31.9. The second-order valence-corrected chi connectivity index (χ2v) is 12.0. The van der Waals surface area contributed by atoms with Crippen molar-refractivity contribution in [2.75, 3.05) is 38.7 Å². The number of amides is 1. The van der Waals surface area contributed by atoms with Crippen molar-refractivity contribution in [1.29, 1.82) is 0 Å². The summed E-state index contributed by atoms with van der Waals surface area (Å²) in [6.07, 6.45) is 0.445. The molecule has 0 aromatic heterocycles. The van der Waals surface area contributed by atoms with Crippen LogP contribution in [0.15, 0.2) is 89.8 Å². The van der Waals surface area contributed by atoms with Crippen LogP contribution in [0, 0.1) is 11.6 Å². The monoisotopic (exact) mass is 644 g/mol. The summed E-state index contributed by atoms with van der Waals surface area (Å²) in [7, 11) is 0.300. The van der Waals surface area contributed by atoms with Gasteiger partial charge < -0.3 is 19.1 Å². The highest BCUT2D eigenvalue weighted by Gasteiger charge is 2.29. The highest BCUT2D eigenvalue weighted by Crippen LogP contribution is 2.32. The van der Waals surface area contributed by atoms with Crippen LogP contribution in [-0.4, -0.2) is 53.6 Å². The molecule has 0 saturated heterocycles. The van der Waals surface area contributed by atoms with Gasteiger partial charge in [-0.2, -0.15) is 0 Å². The minimum Gasteiger partial charge on any atom is -0.497 e. The third-order valence-electron chi connectivity index (χ3n) is 6.75. The minimum atomic E-state index is -4.36. The molecule has 0 unspecified atom stereocenters. The zero-order valence-corrected chi connectivity index (χ0v) is 25.9. The van der Waals surface area contributed by atoms with Crippen molar-refractivity contribution in [2.24, 2.45) is 0 Å². The maximum Gasteiger partial charge on any atom is 0.264 e. The van der Waals surface area contributed by atoms with E-state index in [0.717, 1.165) is 22.5 Å². The number of carbonyl (C=O) groups excluding carboxylic acids is 1. The SMILES string of the molecule is COc1ccc(C(=O)N(C)CCCOc2ccccc2CN(c2cc(F)ccc2F)S(=O)(=O)c2ccc(Cl)cc2)c(OC)c1. The van der Waals surface area contributed by atoms with Gasteiger partial charge >= 0.3 is 0 Å². The summed E-state index contributed by atoms with van der Waals surface area (Å²) in [6.45, 7) is 0.186. The average Bonchev–Trinajstić information content (AvgIpc) is 3.03. The Morgan fingerprint density at radius 1 is 0.886 bits per heavy atom. The number of nitrogens with zero attached hydrogens (tertiary/aromatic N) is 2. The molecule has 0 aliphatic carbocycles. The van der Waals surface area contributed by atoms with Crippen LogP contribution < -0.4 is 18.5 Å². The van der Waals surface area contributed by atoms with Crippen LogP contribution in [0.1, 0.15) is 22.3 Å². The first kappa shape index (κ1) is 32.6. The molecule has 1 amide bonds. The Kier molecular flexibility index (Phi) is 10.7. The molecule has 4 aromatic carbocycles. The molecule has 0 spiro atoms. The predicted octanol–water partition coefficient (Wildman–Crippen LogP) is 6.57. The Morgan fingerprint density at radius 3 is 2.32 bits per heavy atom. The number of methoxy groups -OCH3 is 2. The molecule has 232 valence electrons. The highest BCUT2D eigenvalue weighted by atomic mass is 35.5. The van der Waals surface area contributed by atoms with Gasteiger partial charge in [0.25, 0.3) is 15.9 Å². The summed E-state index contributed by atoms with van der Waals surface area (Å²) in [6, 6.07) is 19.6. The summed E-state index contributed by atoms with van der Waals surface area (Å²) < 4.78 is 73.9. The van der Waals surface area contributed by atoms with E-state index >= 15 is 0 Å². The van der Waals surface area contributed by atoms with Gasteiger partial charge in [-0.15, -0.1) is 0 Å². The van der Waals surface area contributed by atoms with Crippen LogP contribution >= 0.6 is 11.6 Å². The number of rotatable bonds is 13. The molecule has 0 aliphatic heterocycles. The zero-order valence-electron chi connectivity index (χ0n) is 24.3. The second kappa shape index (κ2) is 14.4. The van der Waals surface area contributed by atoms with Gasteiger partial charge in [-0.25, -0.2) is 17.2 Å². The van der Waals surface area contributed by atoms with Gasteiger partial charge in [0.05, 0.1) is 43.5 Å². The van der Waals surface area contributed by atoms with Gasteiger partial charge in [0.15, 0.2) is 0 Å². The molecule has 4 rings (SSSR count). The van der Waals surface area contributed by atoms with E-state index < -0.39 is 27.3 Å². The Balaban J connectivity index is 1.50. The van der Waals surface area contributed by atoms with Crippen LogP contribution in [0.5, 0.6) is 17.2 Å². The largest absolute Gasteiger partial charge is 0.497 e. The van der Waals surface area contributed by atoms with Crippen molar-refractivity contribution in [3.05, 3.63) is 113 Å². The Labute approximate surface area is 260 Å². The van der Waals surface area contributed by atoms with Crippen molar-refractivity contribution in [3.63, 3.8) is 0 Å². The van der Waals surface area contributed by atoms with E-state index in [-0.39, 0.29) is 24.0 Å². The second-order valence-electron chi connectivity index (χ2n) is 9.66. The van der Waals surface area contributed by atoms with Gasteiger partial charge in [0, 0.05) is 36.3 Å². The maximum absolute atomic E-state index is 15.0. The first-order chi connectivity index (χ1) is 21.0. The molecular weight excluding hydrogens is 614 g/mol. The van der Waals surface area contributed by atoms with E-state index in [1.807, 2.05) is 0 Å². The van der Waals surface area contributed by atoms with Gasteiger partial charge in [-0.3, -0.25) is 9.10 Å². The number of sulfonamides is 1. The lowest BCUT2D eigenvalue weighted by atomic mass is 10.1. The van der Waals surface area contributed by atoms with Crippen molar-refractivity contribution < 1.29 is 36.2 Å². The van der Waals surface area contributed by atoms with Gasteiger partial charge in [-0.05, 0) is 61.0 Å². The fraction of sp³-hybridized carbons (Fsp3) is 0.219. The normalized spacial score (nSPS) is 11.1. The molecule has 4 aromatic rings. The van der Waals surface area contributed by atoms with E-state index in [4.69, 9.17) is 25.8 Å². The molecule has 0 radical (unpaired) electrons. The maximum atomic E-state index is 15.0. The van der Waals surface area contributed by atoms with Crippen molar-refractivity contribution in [2.45, 2.75) is 17.9 Å². The number of ether oxygens (including phenoxy) is 3. The number of hydrogen-bond donors (Lipinski definition) is 0. The topological polar surface area (TPSA) is 85.4 Å². The number of benzene rings is 4. The van der Waals surface area contributed by atoms with Crippen molar-refractivity contribution >= 4 is 33.2 Å². The van der Waals surface area contributed by atoms with E-state index in [1.165, 1.54) is 43.4 Å². The number of carbonyl (C=O) groups is 1. The van der Waals surface area contributed by atoms with Crippen LogP contribution in [0.4, 0.5) is 14.5 Å². The molecular formula is C32H31ClF2N2O6S. The standard InChI is InChI=1S/C32H31ClF2N2O6S/c1-36(32(38)27-15-12-25(41-2)20-31(27)42-3)17-6-18-43-30-8-5-4-7-22(30)21-37(29-19-24(34)11-16-28(29)35)44(39,40)26-13-9-23(33)10-14-26/h4-5,7-16,19-20H,6,17-18,21H2,1-3H3. The molecule has 0 N–H and O–H groups in total. The quantitative estimate of drug-likeness (QED) is 0.153. The number of halogens is 3. The molecule has 0 heterocycles. The molecule has 0 bridgehead atoms. The Hall–Kier alpha value is -4.35. The molecule has 8 nitrogen and oxygen atoms in total. The lowest BCUT2D eigenvalue weighted by Gasteiger charge is -2.26.